The molecule has 0 heterocycles. The molecule has 134 valence electrons. The minimum Gasteiger partial charge on any atom is -0.396 e. The maximum atomic E-state index is 8.96. The molecule has 1 atom stereocenters. The van der Waals surface area contributed by atoms with Crippen molar-refractivity contribution in [3.05, 3.63) is 0 Å². The van der Waals surface area contributed by atoms with E-state index in [1.807, 2.05) is 0 Å². The summed E-state index contributed by atoms with van der Waals surface area (Å²) in [5.41, 5.74) is 0. The summed E-state index contributed by atoms with van der Waals surface area (Å²) in [6, 6.07) is 0. The van der Waals surface area contributed by atoms with Crippen molar-refractivity contribution in [2.24, 2.45) is 5.92 Å². The van der Waals surface area contributed by atoms with E-state index in [-0.39, 0.29) is 0 Å². The van der Waals surface area contributed by atoms with Gasteiger partial charge >= 0.3 is 0 Å². The normalized spacial score (nSPS) is 12.7. The number of aliphatic hydroxyl groups is 1. The minimum absolute atomic E-state index is 0.374. The average Bonchev–Trinajstić information content (AvgIpc) is 2.53. The van der Waals surface area contributed by atoms with Gasteiger partial charge in [-0.05, 0) is 18.8 Å². The highest BCUT2D eigenvalue weighted by Crippen LogP contribution is 2.21. The standard InChI is InChI=1S/C21H44O/c1-3-5-6-7-8-9-10-11-12-13-14-15-18-21(17-4-2)19-16-20-22/h21-22H,3-20H2,1-2H3. The molecule has 0 aromatic heterocycles. The fraction of sp³-hybridized carbons (Fsp3) is 1.00. The largest absolute Gasteiger partial charge is 0.396 e. The summed E-state index contributed by atoms with van der Waals surface area (Å²) in [6.45, 7) is 4.95. The van der Waals surface area contributed by atoms with Crippen LogP contribution in [0.3, 0.4) is 0 Å². The highest BCUT2D eigenvalue weighted by atomic mass is 16.2. The lowest BCUT2D eigenvalue weighted by Crippen LogP contribution is -2.01. The lowest BCUT2D eigenvalue weighted by Gasteiger charge is -2.15. The van der Waals surface area contributed by atoms with Crippen LogP contribution in [0.15, 0.2) is 0 Å². The molecule has 0 aliphatic rings. The van der Waals surface area contributed by atoms with Crippen LogP contribution >= 0.6 is 0 Å². The summed E-state index contributed by atoms with van der Waals surface area (Å²) in [6.07, 6.45) is 23.6. The fourth-order valence-electron chi connectivity index (χ4n) is 3.50. The van der Waals surface area contributed by atoms with E-state index in [9.17, 15) is 0 Å². The second kappa shape index (κ2) is 19.0. The molecule has 0 spiro atoms. The third-order valence-electron chi connectivity index (χ3n) is 4.93. The third kappa shape index (κ3) is 16.3. The van der Waals surface area contributed by atoms with Gasteiger partial charge in [0.1, 0.15) is 0 Å². The molecule has 0 aliphatic heterocycles. The van der Waals surface area contributed by atoms with E-state index in [0.717, 1.165) is 12.3 Å². The van der Waals surface area contributed by atoms with Gasteiger partial charge in [-0.3, -0.25) is 0 Å². The van der Waals surface area contributed by atoms with Crippen LogP contribution in [-0.2, 0) is 0 Å². The predicted molar refractivity (Wildman–Crippen MR) is 100 cm³/mol. The average molecular weight is 313 g/mol. The van der Waals surface area contributed by atoms with Crippen molar-refractivity contribution < 1.29 is 5.11 Å². The van der Waals surface area contributed by atoms with E-state index in [2.05, 4.69) is 13.8 Å². The predicted octanol–water partition coefficient (Wildman–Crippen LogP) is 7.27. The molecular weight excluding hydrogens is 268 g/mol. The van der Waals surface area contributed by atoms with Crippen LogP contribution in [0.2, 0.25) is 0 Å². The lowest BCUT2D eigenvalue weighted by molar-refractivity contribution is 0.263. The van der Waals surface area contributed by atoms with Gasteiger partial charge < -0.3 is 5.11 Å². The van der Waals surface area contributed by atoms with Gasteiger partial charge in [0.15, 0.2) is 0 Å². The van der Waals surface area contributed by atoms with E-state index in [1.165, 1.54) is 103 Å². The molecule has 0 saturated heterocycles. The van der Waals surface area contributed by atoms with Gasteiger partial charge in [0.05, 0.1) is 0 Å². The number of unbranched alkanes of at least 4 members (excludes halogenated alkanes) is 11. The third-order valence-corrected chi connectivity index (χ3v) is 4.93. The molecule has 1 N–H and O–H groups in total. The Hall–Kier alpha value is -0.0400. The lowest BCUT2D eigenvalue weighted by atomic mass is 9.92. The van der Waals surface area contributed by atoms with Crippen LogP contribution in [0.4, 0.5) is 0 Å². The summed E-state index contributed by atoms with van der Waals surface area (Å²) in [4.78, 5) is 0. The summed E-state index contributed by atoms with van der Waals surface area (Å²) < 4.78 is 0. The van der Waals surface area contributed by atoms with Crippen molar-refractivity contribution in [1.29, 1.82) is 0 Å². The van der Waals surface area contributed by atoms with Crippen molar-refractivity contribution in [3.8, 4) is 0 Å². The summed E-state index contributed by atoms with van der Waals surface area (Å²) in [7, 11) is 0. The van der Waals surface area contributed by atoms with Gasteiger partial charge in [-0.2, -0.15) is 0 Å². The molecule has 0 aromatic rings. The Morgan fingerprint density at radius 3 is 1.41 bits per heavy atom. The quantitative estimate of drug-likeness (QED) is 0.264. The first kappa shape index (κ1) is 22.0. The molecule has 1 unspecified atom stereocenters. The molecule has 0 rings (SSSR count). The van der Waals surface area contributed by atoms with Crippen LogP contribution in [0.1, 0.15) is 123 Å². The fourth-order valence-corrected chi connectivity index (χ4v) is 3.50. The van der Waals surface area contributed by atoms with Crippen LogP contribution in [0, 0.1) is 5.92 Å². The van der Waals surface area contributed by atoms with Crippen molar-refractivity contribution in [2.75, 3.05) is 6.61 Å². The highest BCUT2D eigenvalue weighted by Gasteiger charge is 2.06. The van der Waals surface area contributed by atoms with Gasteiger partial charge in [-0.15, -0.1) is 0 Å². The van der Waals surface area contributed by atoms with Crippen LogP contribution < -0.4 is 0 Å². The van der Waals surface area contributed by atoms with E-state index in [1.54, 1.807) is 0 Å². The zero-order valence-corrected chi connectivity index (χ0v) is 15.8. The number of aliphatic hydroxyl groups excluding tert-OH is 1. The molecule has 0 aliphatic carbocycles. The molecule has 1 nitrogen and oxygen atoms in total. The van der Waals surface area contributed by atoms with Crippen molar-refractivity contribution in [3.63, 3.8) is 0 Å². The summed E-state index contributed by atoms with van der Waals surface area (Å²) in [5, 5.41) is 8.96. The second-order valence-electron chi connectivity index (χ2n) is 7.20. The summed E-state index contributed by atoms with van der Waals surface area (Å²) >= 11 is 0. The zero-order chi connectivity index (χ0) is 16.3. The van der Waals surface area contributed by atoms with Gasteiger partial charge in [-0.25, -0.2) is 0 Å². The molecule has 22 heavy (non-hydrogen) atoms. The maximum absolute atomic E-state index is 8.96. The number of hydrogen-bond donors (Lipinski definition) is 1. The Labute approximate surface area is 141 Å². The zero-order valence-electron chi connectivity index (χ0n) is 15.8. The molecule has 0 bridgehead atoms. The van der Waals surface area contributed by atoms with Gasteiger partial charge in [-0.1, -0.05) is 110 Å². The van der Waals surface area contributed by atoms with E-state index in [0.29, 0.717) is 6.61 Å². The SMILES string of the molecule is CCCCCCCCCCCCCCC(CCC)CCCO. The first-order valence-electron chi connectivity index (χ1n) is 10.5. The molecule has 0 amide bonds. The Balaban J connectivity index is 3.23. The smallest absolute Gasteiger partial charge is 0.0431 e. The Morgan fingerprint density at radius 1 is 0.500 bits per heavy atom. The van der Waals surface area contributed by atoms with Crippen molar-refractivity contribution >= 4 is 0 Å². The topological polar surface area (TPSA) is 20.2 Å². The van der Waals surface area contributed by atoms with Gasteiger partial charge in [0, 0.05) is 6.61 Å². The van der Waals surface area contributed by atoms with E-state index in [4.69, 9.17) is 5.11 Å². The van der Waals surface area contributed by atoms with Gasteiger partial charge in [0.2, 0.25) is 0 Å². The molecule has 0 saturated carbocycles. The van der Waals surface area contributed by atoms with E-state index < -0.39 is 0 Å². The van der Waals surface area contributed by atoms with Crippen LogP contribution in [0.25, 0.3) is 0 Å². The monoisotopic (exact) mass is 312 g/mol. The molecular formula is C21H44O. The Kier molecular flexibility index (Phi) is 19.0. The molecule has 0 aromatic carbocycles. The maximum Gasteiger partial charge on any atom is 0.0431 e. The van der Waals surface area contributed by atoms with Gasteiger partial charge in [0.25, 0.3) is 0 Å². The highest BCUT2D eigenvalue weighted by molar-refractivity contribution is 4.60. The summed E-state index contributed by atoms with van der Waals surface area (Å²) in [5.74, 6) is 0.875. The van der Waals surface area contributed by atoms with Crippen molar-refractivity contribution in [1.82, 2.24) is 0 Å². The van der Waals surface area contributed by atoms with E-state index >= 15 is 0 Å². The van der Waals surface area contributed by atoms with Crippen LogP contribution in [0.5, 0.6) is 0 Å². The minimum atomic E-state index is 0.374. The Morgan fingerprint density at radius 2 is 0.955 bits per heavy atom. The van der Waals surface area contributed by atoms with Crippen molar-refractivity contribution in [2.45, 2.75) is 123 Å². The van der Waals surface area contributed by atoms with Crippen LogP contribution in [-0.4, -0.2) is 11.7 Å². The molecule has 0 radical (unpaired) electrons. The molecule has 1 heteroatoms. The first-order valence-corrected chi connectivity index (χ1v) is 10.5. The number of hydrogen-bond acceptors (Lipinski definition) is 1. The Bertz CT molecular complexity index is 190. The first-order chi connectivity index (χ1) is 10.8. The second-order valence-corrected chi connectivity index (χ2v) is 7.20. The number of rotatable bonds is 18. The molecule has 0 fully saturated rings.